The SMILES string of the molecule is c1cc(CNC2CC2)c(N2CCn3cnnc3C2)cn1. The molecule has 0 radical (unpaired) electrons. The summed E-state index contributed by atoms with van der Waals surface area (Å²) in [5.74, 6) is 1.03. The Morgan fingerprint density at radius 2 is 2.25 bits per heavy atom. The van der Waals surface area contributed by atoms with Gasteiger partial charge in [0.05, 0.1) is 18.4 Å². The van der Waals surface area contributed by atoms with Gasteiger partial charge in [-0.25, -0.2) is 0 Å². The van der Waals surface area contributed by atoms with Crippen LogP contribution in [0.15, 0.2) is 24.8 Å². The van der Waals surface area contributed by atoms with Gasteiger partial charge < -0.3 is 14.8 Å². The third-order valence-corrected chi connectivity index (χ3v) is 4.03. The Hall–Kier alpha value is -1.95. The van der Waals surface area contributed by atoms with Crippen molar-refractivity contribution in [2.75, 3.05) is 11.4 Å². The van der Waals surface area contributed by atoms with Crippen LogP contribution in [0.2, 0.25) is 0 Å². The summed E-state index contributed by atoms with van der Waals surface area (Å²) in [6, 6.07) is 2.84. The number of pyridine rings is 1. The minimum Gasteiger partial charge on any atom is -0.361 e. The standard InChI is InChI=1S/C14H18N6/c1-2-12(1)16-7-11-3-4-15-8-13(11)19-5-6-20-10-17-18-14(20)9-19/h3-4,8,10,12,16H,1-2,5-7,9H2. The highest BCUT2D eigenvalue weighted by Gasteiger charge is 2.23. The largest absolute Gasteiger partial charge is 0.361 e. The summed E-state index contributed by atoms with van der Waals surface area (Å²) >= 11 is 0. The first kappa shape index (κ1) is 11.8. The quantitative estimate of drug-likeness (QED) is 0.896. The van der Waals surface area contributed by atoms with E-state index >= 15 is 0 Å². The molecule has 20 heavy (non-hydrogen) atoms. The van der Waals surface area contributed by atoms with Gasteiger partial charge in [-0.05, 0) is 24.5 Å². The number of rotatable bonds is 4. The van der Waals surface area contributed by atoms with Crippen LogP contribution in [0.1, 0.15) is 24.2 Å². The van der Waals surface area contributed by atoms with Crippen LogP contribution in [0.5, 0.6) is 0 Å². The van der Waals surface area contributed by atoms with Gasteiger partial charge in [0.25, 0.3) is 0 Å². The van der Waals surface area contributed by atoms with Crippen molar-refractivity contribution in [2.45, 2.75) is 38.5 Å². The fourth-order valence-corrected chi connectivity index (χ4v) is 2.66. The number of hydrogen-bond donors (Lipinski definition) is 1. The smallest absolute Gasteiger partial charge is 0.152 e. The molecule has 2 aromatic rings. The van der Waals surface area contributed by atoms with Crippen molar-refractivity contribution in [3.63, 3.8) is 0 Å². The minimum absolute atomic E-state index is 0.723. The topological polar surface area (TPSA) is 58.9 Å². The molecule has 104 valence electrons. The maximum Gasteiger partial charge on any atom is 0.152 e. The number of anilines is 1. The number of nitrogens with zero attached hydrogens (tertiary/aromatic N) is 5. The van der Waals surface area contributed by atoms with Gasteiger partial charge >= 0.3 is 0 Å². The summed E-state index contributed by atoms with van der Waals surface area (Å²) in [7, 11) is 0. The van der Waals surface area contributed by atoms with E-state index in [0.29, 0.717) is 0 Å². The summed E-state index contributed by atoms with van der Waals surface area (Å²) in [4.78, 5) is 6.64. The highest BCUT2D eigenvalue weighted by Crippen LogP contribution is 2.25. The molecular formula is C14H18N6. The molecule has 6 heteroatoms. The fraction of sp³-hybridized carbons (Fsp3) is 0.500. The lowest BCUT2D eigenvalue weighted by atomic mass is 10.2. The van der Waals surface area contributed by atoms with Crippen molar-refractivity contribution in [3.05, 3.63) is 36.2 Å². The van der Waals surface area contributed by atoms with Gasteiger partial charge in [0.2, 0.25) is 0 Å². The molecule has 1 N–H and O–H groups in total. The molecule has 4 rings (SSSR count). The van der Waals surface area contributed by atoms with E-state index in [1.165, 1.54) is 24.1 Å². The third-order valence-electron chi connectivity index (χ3n) is 4.03. The molecule has 6 nitrogen and oxygen atoms in total. The Bertz CT molecular complexity index is 603. The predicted molar refractivity (Wildman–Crippen MR) is 75.2 cm³/mol. The monoisotopic (exact) mass is 270 g/mol. The second-order valence-electron chi connectivity index (χ2n) is 5.52. The third kappa shape index (κ3) is 2.27. The first-order valence-corrected chi connectivity index (χ1v) is 7.18. The molecule has 1 aliphatic carbocycles. The highest BCUT2D eigenvalue weighted by molar-refractivity contribution is 5.52. The number of aromatic nitrogens is 4. The molecule has 0 aromatic carbocycles. The molecule has 0 spiro atoms. The van der Waals surface area contributed by atoms with Gasteiger partial charge in [-0.1, -0.05) is 0 Å². The normalized spacial score (nSPS) is 18.1. The van der Waals surface area contributed by atoms with Crippen LogP contribution < -0.4 is 10.2 Å². The second kappa shape index (κ2) is 4.86. The first-order chi connectivity index (χ1) is 9.90. The molecule has 3 heterocycles. The van der Waals surface area contributed by atoms with Gasteiger partial charge in [0, 0.05) is 31.9 Å². The van der Waals surface area contributed by atoms with E-state index in [2.05, 4.69) is 36.0 Å². The van der Waals surface area contributed by atoms with Crippen LogP contribution in [-0.4, -0.2) is 32.3 Å². The van der Waals surface area contributed by atoms with Crippen LogP contribution in [0, 0.1) is 0 Å². The van der Waals surface area contributed by atoms with Gasteiger partial charge in [-0.15, -0.1) is 10.2 Å². The summed E-state index contributed by atoms with van der Waals surface area (Å²) in [5.41, 5.74) is 2.54. The average Bonchev–Trinajstić information content (AvgIpc) is 3.20. The van der Waals surface area contributed by atoms with Crippen LogP contribution in [-0.2, 0) is 19.6 Å². The maximum atomic E-state index is 4.29. The lowest BCUT2D eigenvalue weighted by Gasteiger charge is -2.30. The van der Waals surface area contributed by atoms with E-state index < -0.39 is 0 Å². The van der Waals surface area contributed by atoms with Crippen molar-refractivity contribution in [1.82, 2.24) is 25.1 Å². The summed E-state index contributed by atoms with van der Waals surface area (Å²) < 4.78 is 2.12. The second-order valence-corrected chi connectivity index (χ2v) is 5.52. The molecule has 0 bridgehead atoms. The number of nitrogens with one attached hydrogen (secondary N) is 1. The Morgan fingerprint density at radius 1 is 1.30 bits per heavy atom. The molecule has 0 saturated heterocycles. The summed E-state index contributed by atoms with van der Waals surface area (Å²) in [6.07, 6.45) is 8.28. The number of fused-ring (bicyclic) bond motifs is 1. The predicted octanol–water partition coefficient (Wildman–Crippen LogP) is 0.945. The Morgan fingerprint density at radius 3 is 3.15 bits per heavy atom. The lowest BCUT2D eigenvalue weighted by molar-refractivity contribution is 0.556. The summed E-state index contributed by atoms with van der Waals surface area (Å²) in [6.45, 7) is 3.65. The van der Waals surface area contributed by atoms with Crippen molar-refractivity contribution >= 4 is 5.69 Å². The van der Waals surface area contributed by atoms with Crippen LogP contribution in [0.4, 0.5) is 5.69 Å². The molecule has 2 aromatic heterocycles. The molecule has 1 fully saturated rings. The highest BCUT2D eigenvalue weighted by atomic mass is 15.3. The van der Waals surface area contributed by atoms with E-state index in [1.54, 1.807) is 0 Å². The van der Waals surface area contributed by atoms with E-state index in [1.807, 2.05) is 18.7 Å². The van der Waals surface area contributed by atoms with Crippen LogP contribution >= 0.6 is 0 Å². The minimum atomic E-state index is 0.723. The fourth-order valence-electron chi connectivity index (χ4n) is 2.66. The Balaban J connectivity index is 1.55. The maximum absolute atomic E-state index is 4.29. The van der Waals surface area contributed by atoms with Gasteiger partial charge in [0.1, 0.15) is 6.33 Å². The van der Waals surface area contributed by atoms with E-state index in [4.69, 9.17) is 0 Å². The van der Waals surface area contributed by atoms with Crippen molar-refractivity contribution in [1.29, 1.82) is 0 Å². The molecule has 0 amide bonds. The molecule has 2 aliphatic rings. The molecule has 0 atom stereocenters. The van der Waals surface area contributed by atoms with Gasteiger partial charge in [-0.2, -0.15) is 0 Å². The average molecular weight is 270 g/mol. The molecule has 1 aliphatic heterocycles. The van der Waals surface area contributed by atoms with E-state index in [-0.39, 0.29) is 0 Å². The van der Waals surface area contributed by atoms with Crippen molar-refractivity contribution < 1.29 is 0 Å². The molecule has 1 saturated carbocycles. The first-order valence-electron chi connectivity index (χ1n) is 7.18. The Labute approximate surface area is 117 Å². The zero-order valence-corrected chi connectivity index (χ0v) is 11.4. The van der Waals surface area contributed by atoms with Crippen LogP contribution in [0.3, 0.4) is 0 Å². The van der Waals surface area contributed by atoms with Crippen molar-refractivity contribution in [2.24, 2.45) is 0 Å². The van der Waals surface area contributed by atoms with Crippen molar-refractivity contribution in [3.8, 4) is 0 Å². The Kier molecular flexibility index (Phi) is 2.88. The van der Waals surface area contributed by atoms with E-state index in [9.17, 15) is 0 Å². The van der Waals surface area contributed by atoms with E-state index in [0.717, 1.165) is 38.0 Å². The zero-order valence-electron chi connectivity index (χ0n) is 11.4. The summed E-state index contributed by atoms with van der Waals surface area (Å²) in [5, 5.41) is 11.7. The molecule has 0 unspecified atom stereocenters. The van der Waals surface area contributed by atoms with Gasteiger partial charge in [-0.3, -0.25) is 4.98 Å². The number of hydrogen-bond acceptors (Lipinski definition) is 5. The molecular weight excluding hydrogens is 252 g/mol. The van der Waals surface area contributed by atoms with Gasteiger partial charge in [0.15, 0.2) is 5.82 Å². The lowest BCUT2D eigenvalue weighted by Crippen LogP contribution is -2.34. The van der Waals surface area contributed by atoms with Crippen LogP contribution in [0.25, 0.3) is 0 Å². The zero-order chi connectivity index (χ0) is 13.4.